The van der Waals surface area contributed by atoms with Gasteiger partial charge in [0.2, 0.25) is 12.0 Å². The van der Waals surface area contributed by atoms with Crippen molar-refractivity contribution >= 4 is 29.3 Å². The molecule has 1 aliphatic rings. The Morgan fingerprint density at radius 2 is 1.83 bits per heavy atom. The van der Waals surface area contributed by atoms with Gasteiger partial charge in [-0.1, -0.05) is 24.3 Å². The van der Waals surface area contributed by atoms with Gasteiger partial charge in [-0.25, -0.2) is 0 Å². The first-order valence-electron chi connectivity index (χ1n) is 7.33. The SMILES string of the molecule is NC(=O)CSc1ccccc1NC(=O)[C@H]1COc2ccccc2O1. The zero-order valence-corrected chi connectivity index (χ0v) is 13.5. The largest absolute Gasteiger partial charge is 0.485 e. The van der Waals surface area contributed by atoms with Gasteiger partial charge >= 0.3 is 0 Å². The van der Waals surface area contributed by atoms with Crippen molar-refractivity contribution in [3.8, 4) is 11.5 Å². The summed E-state index contributed by atoms with van der Waals surface area (Å²) in [6.07, 6.45) is -0.742. The second-order valence-corrected chi connectivity index (χ2v) is 6.12. The number of carbonyl (C=O) groups excluding carboxylic acids is 2. The molecule has 2 aromatic carbocycles. The molecule has 0 radical (unpaired) electrons. The molecule has 0 saturated heterocycles. The first-order valence-corrected chi connectivity index (χ1v) is 8.31. The van der Waals surface area contributed by atoms with Gasteiger partial charge < -0.3 is 20.5 Å². The Morgan fingerprint density at radius 1 is 1.12 bits per heavy atom. The molecule has 2 aromatic rings. The van der Waals surface area contributed by atoms with Gasteiger partial charge in [0.05, 0.1) is 11.4 Å². The molecule has 0 aromatic heterocycles. The van der Waals surface area contributed by atoms with Crippen LogP contribution >= 0.6 is 11.8 Å². The van der Waals surface area contributed by atoms with Crippen molar-refractivity contribution in [3.63, 3.8) is 0 Å². The minimum Gasteiger partial charge on any atom is -0.485 e. The third-order valence-electron chi connectivity index (χ3n) is 3.32. The van der Waals surface area contributed by atoms with E-state index in [1.54, 1.807) is 24.3 Å². The van der Waals surface area contributed by atoms with E-state index in [4.69, 9.17) is 15.2 Å². The molecule has 0 aliphatic carbocycles. The van der Waals surface area contributed by atoms with Gasteiger partial charge in [-0.15, -0.1) is 11.8 Å². The van der Waals surface area contributed by atoms with Crippen molar-refractivity contribution in [1.82, 2.24) is 0 Å². The maximum absolute atomic E-state index is 12.5. The van der Waals surface area contributed by atoms with Gasteiger partial charge in [-0.05, 0) is 24.3 Å². The van der Waals surface area contributed by atoms with E-state index in [1.807, 2.05) is 24.3 Å². The summed E-state index contributed by atoms with van der Waals surface area (Å²) in [5.41, 5.74) is 5.78. The number of ether oxygens (including phenoxy) is 2. The van der Waals surface area contributed by atoms with E-state index in [9.17, 15) is 9.59 Å². The molecule has 0 bridgehead atoms. The molecule has 1 atom stereocenters. The Morgan fingerprint density at radius 3 is 2.62 bits per heavy atom. The molecular weight excluding hydrogens is 328 g/mol. The molecule has 124 valence electrons. The van der Waals surface area contributed by atoms with Gasteiger partial charge in [0.15, 0.2) is 11.5 Å². The molecule has 6 nitrogen and oxygen atoms in total. The molecule has 0 saturated carbocycles. The third-order valence-corrected chi connectivity index (χ3v) is 4.41. The van der Waals surface area contributed by atoms with E-state index in [2.05, 4.69) is 5.32 Å². The molecule has 0 fully saturated rings. The zero-order chi connectivity index (χ0) is 16.9. The number of thioether (sulfide) groups is 1. The number of fused-ring (bicyclic) bond motifs is 1. The summed E-state index contributed by atoms with van der Waals surface area (Å²) in [6.45, 7) is 0.138. The molecule has 0 unspecified atom stereocenters. The summed E-state index contributed by atoms with van der Waals surface area (Å²) in [4.78, 5) is 24.2. The van der Waals surface area contributed by atoms with Crippen LogP contribution in [0.1, 0.15) is 0 Å². The van der Waals surface area contributed by atoms with Crippen molar-refractivity contribution in [3.05, 3.63) is 48.5 Å². The van der Waals surface area contributed by atoms with Crippen LogP contribution in [0.4, 0.5) is 5.69 Å². The Hall–Kier alpha value is -2.67. The number of rotatable bonds is 5. The van der Waals surface area contributed by atoms with Gasteiger partial charge in [0.25, 0.3) is 5.91 Å². The average Bonchev–Trinajstić information content (AvgIpc) is 2.60. The van der Waals surface area contributed by atoms with Crippen LogP contribution < -0.4 is 20.5 Å². The highest BCUT2D eigenvalue weighted by atomic mass is 32.2. The van der Waals surface area contributed by atoms with E-state index in [-0.39, 0.29) is 18.3 Å². The second kappa shape index (κ2) is 7.27. The lowest BCUT2D eigenvalue weighted by Gasteiger charge is -2.25. The maximum Gasteiger partial charge on any atom is 0.269 e. The van der Waals surface area contributed by atoms with Gasteiger partial charge in [-0.2, -0.15) is 0 Å². The second-order valence-electron chi connectivity index (χ2n) is 5.10. The molecule has 1 heterocycles. The van der Waals surface area contributed by atoms with Crippen LogP contribution in [0.15, 0.2) is 53.4 Å². The van der Waals surface area contributed by atoms with E-state index >= 15 is 0 Å². The first-order chi connectivity index (χ1) is 11.6. The molecule has 7 heteroatoms. The minimum absolute atomic E-state index is 0.138. The Kier molecular flexibility index (Phi) is 4.90. The van der Waals surface area contributed by atoms with E-state index < -0.39 is 12.0 Å². The number of nitrogens with two attached hydrogens (primary N) is 1. The van der Waals surface area contributed by atoms with Crippen molar-refractivity contribution in [1.29, 1.82) is 0 Å². The van der Waals surface area contributed by atoms with Crippen LogP contribution in [0.2, 0.25) is 0 Å². The topological polar surface area (TPSA) is 90.7 Å². The quantitative estimate of drug-likeness (QED) is 0.810. The number of primary amides is 1. The van der Waals surface area contributed by atoms with Gasteiger partial charge in [-0.3, -0.25) is 9.59 Å². The zero-order valence-electron chi connectivity index (χ0n) is 12.7. The standard InChI is InChI=1S/C17H16N2O4S/c18-16(20)10-24-15-8-4-1-5-11(15)19-17(21)14-9-22-12-6-2-3-7-13(12)23-14/h1-8,14H,9-10H2,(H2,18,20)(H,19,21)/t14-/m1/s1. The fraction of sp³-hybridized carbons (Fsp3) is 0.176. The Labute approximate surface area is 143 Å². The van der Waals surface area contributed by atoms with E-state index in [1.165, 1.54) is 11.8 Å². The number of benzene rings is 2. The van der Waals surface area contributed by atoms with Crippen LogP contribution in [0, 0.1) is 0 Å². The predicted molar refractivity (Wildman–Crippen MR) is 91.3 cm³/mol. The van der Waals surface area contributed by atoms with Crippen LogP contribution in [0.3, 0.4) is 0 Å². The molecule has 24 heavy (non-hydrogen) atoms. The summed E-state index contributed by atoms with van der Waals surface area (Å²) in [5, 5.41) is 2.82. The van der Waals surface area contributed by atoms with Crippen LogP contribution in [-0.4, -0.2) is 30.3 Å². The van der Waals surface area contributed by atoms with E-state index in [0.717, 1.165) is 4.90 Å². The lowest BCUT2D eigenvalue weighted by atomic mass is 10.2. The molecular formula is C17H16N2O4S. The summed E-state index contributed by atoms with van der Waals surface area (Å²) in [7, 11) is 0. The molecule has 2 amide bonds. The van der Waals surface area contributed by atoms with Crippen molar-refractivity contribution < 1.29 is 19.1 Å². The summed E-state index contributed by atoms with van der Waals surface area (Å²) in [6, 6.07) is 14.4. The number of anilines is 1. The highest BCUT2D eigenvalue weighted by Gasteiger charge is 2.27. The minimum atomic E-state index is -0.742. The monoisotopic (exact) mass is 344 g/mol. The number of hydrogen-bond acceptors (Lipinski definition) is 5. The Bertz CT molecular complexity index is 766. The highest BCUT2D eigenvalue weighted by molar-refractivity contribution is 8.00. The third kappa shape index (κ3) is 3.80. The number of hydrogen-bond donors (Lipinski definition) is 2. The fourth-order valence-electron chi connectivity index (χ4n) is 2.21. The average molecular weight is 344 g/mol. The highest BCUT2D eigenvalue weighted by Crippen LogP contribution is 2.32. The summed E-state index contributed by atoms with van der Waals surface area (Å²) in [5.74, 6) is 0.584. The Balaban J connectivity index is 1.68. The smallest absolute Gasteiger partial charge is 0.269 e. The van der Waals surface area contributed by atoms with Crippen LogP contribution in [-0.2, 0) is 9.59 Å². The van der Waals surface area contributed by atoms with Crippen molar-refractivity contribution in [2.75, 3.05) is 17.7 Å². The fourth-order valence-corrected chi connectivity index (χ4v) is 2.95. The van der Waals surface area contributed by atoms with Gasteiger partial charge in [0, 0.05) is 4.90 Å². The predicted octanol–water partition coefficient (Wildman–Crippen LogP) is 2.04. The van der Waals surface area contributed by atoms with Crippen LogP contribution in [0.5, 0.6) is 11.5 Å². The van der Waals surface area contributed by atoms with E-state index in [0.29, 0.717) is 17.2 Å². The number of carbonyl (C=O) groups is 2. The summed E-state index contributed by atoms with van der Waals surface area (Å²) >= 11 is 1.27. The normalized spacial score (nSPS) is 15.6. The molecule has 3 N–H and O–H groups in total. The molecule has 3 rings (SSSR count). The van der Waals surface area contributed by atoms with Crippen LogP contribution in [0.25, 0.3) is 0 Å². The first kappa shape index (κ1) is 16.2. The van der Waals surface area contributed by atoms with Gasteiger partial charge in [0.1, 0.15) is 6.61 Å². The molecule has 0 spiro atoms. The van der Waals surface area contributed by atoms with Crippen molar-refractivity contribution in [2.45, 2.75) is 11.0 Å². The molecule has 1 aliphatic heterocycles. The van der Waals surface area contributed by atoms with Crippen molar-refractivity contribution in [2.24, 2.45) is 5.73 Å². The summed E-state index contributed by atoms with van der Waals surface area (Å²) < 4.78 is 11.2. The number of nitrogens with one attached hydrogen (secondary N) is 1. The lowest BCUT2D eigenvalue weighted by Crippen LogP contribution is -2.40. The number of para-hydroxylation sites is 3. The lowest BCUT2D eigenvalue weighted by molar-refractivity contribution is -0.125. The number of amides is 2. The maximum atomic E-state index is 12.5.